The lowest BCUT2D eigenvalue weighted by Crippen LogP contribution is -2.37. The van der Waals surface area contributed by atoms with E-state index in [2.05, 4.69) is 0 Å². The molecule has 0 aliphatic heterocycles. The number of anilines is 1. The van der Waals surface area contributed by atoms with E-state index in [1.807, 2.05) is 61.5 Å². The zero-order valence-electron chi connectivity index (χ0n) is 21.1. The molecule has 0 amide bonds. The Labute approximate surface area is 216 Å². The number of benzene rings is 3. The summed E-state index contributed by atoms with van der Waals surface area (Å²) in [6, 6.07) is 19.6. The second kappa shape index (κ2) is 10.5. The molecule has 4 aromatic rings. The fraction of sp³-hybridized carbons (Fsp3) is 0.207. The van der Waals surface area contributed by atoms with Crippen LogP contribution in [0.5, 0.6) is 5.75 Å². The quantitative estimate of drug-likeness (QED) is 0.260. The van der Waals surface area contributed by atoms with Crippen LogP contribution in [0, 0.1) is 13.8 Å². The first-order valence-corrected chi connectivity index (χ1v) is 13.3. The molecule has 0 unspecified atom stereocenters. The van der Waals surface area contributed by atoms with Gasteiger partial charge in [0.05, 0.1) is 5.69 Å². The Kier molecular flexibility index (Phi) is 7.40. The molecule has 1 N–H and O–H groups in total. The Morgan fingerprint density at radius 2 is 1.73 bits per heavy atom. The number of hydrogen-bond donors (Lipinski definition) is 1. The normalized spacial score (nSPS) is 11.9. The number of aryl methyl sites for hydroxylation is 2. The topological polar surface area (TPSA) is 97.0 Å². The molecule has 0 aliphatic rings. The third-order valence-corrected chi connectivity index (χ3v) is 7.79. The summed E-state index contributed by atoms with van der Waals surface area (Å²) >= 11 is 0. The van der Waals surface area contributed by atoms with Crippen molar-refractivity contribution in [1.29, 1.82) is 0 Å². The van der Waals surface area contributed by atoms with E-state index < -0.39 is 22.0 Å². The van der Waals surface area contributed by atoms with Crippen LogP contribution in [-0.2, 0) is 21.4 Å². The number of ether oxygens (including phenoxy) is 1. The van der Waals surface area contributed by atoms with Crippen molar-refractivity contribution < 1.29 is 27.5 Å². The average molecular weight is 520 g/mol. The van der Waals surface area contributed by atoms with Gasteiger partial charge in [0, 0.05) is 12.1 Å². The number of carboxylic acids is 1. The Balaban J connectivity index is 1.75. The predicted molar refractivity (Wildman–Crippen MR) is 144 cm³/mol. The number of hydrogen-bond acceptors (Lipinski definition) is 5. The van der Waals surface area contributed by atoms with Crippen molar-refractivity contribution in [1.82, 2.24) is 0 Å². The summed E-state index contributed by atoms with van der Waals surface area (Å²) in [6.45, 7) is 7.43. The van der Waals surface area contributed by atoms with E-state index in [0.717, 1.165) is 33.5 Å². The third kappa shape index (κ3) is 5.70. The second-order valence-electron chi connectivity index (χ2n) is 9.07. The lowest BCUT2D eigenvalue weighted by molar-refractivity contribution is -0.131. The van der Waals surface area contributed by atoms with Crippen molar-refractivity contribution in [2.45, 2.75) is 45.4 Å². The van der Waals surface area contributed by atoms with Crippen LogP contribution in [0.4, 0.5) is 5.69 Å². The fourth-order valence-electron chi connectivity index (χ4n) is 4.14. The van der Waals surface area contributed by atoms with E-state index in [1.54, 1.807) is 26.8 Å². The molecule has 0 bridgehead atoms. The maximum Gasteiger partial charge on any atom is 0.328 e. The minimum Gasteiger partial charge on any atom is -0.487 e. The molecule has 0 spiro atoms. The van der Waals surface area contributed by atoms with E-state index in [9.17, 15) is 13.2 Å². The van der Waals surface area contributed by atoms with E-state index in [1.165, 1.54) is 16.4 Å². The van der Waals surface area contributed by atoms with Gasteiger partial charge in [-0.2, -0.15) is 8.42 Å². The summed E-state index contributed by atoms with van der Waals surface area (Å²) in [4.78, 5) is 10.8. The molecule has 8 heteroatoms. The lowest BCUT2D eigenvalue weighted by Gasteiger charge is -2.29. The van der Waals surface area contributed by atoms with Gasteiger partial charge in [-0.3, -0.25) is 4.31 Å². The molecule has 1 heterocycles. The van der Waals surface area contributed by atoms with Gasteiger partial charge in [0.1, 0.15) is 18.1 Å². The summed E-state index contributed by atoms with van der Waals surface area (Å²) in [5.41, 5.74) is 3.00. The Hall–Kier alpha value is -4.04. The maximum atomic E-state index is 13.7. The number of nitrogens with zero attached hydrogens (tertiary/aromatic N) is 1. The summed E-state index contributed by atoms with van der Waals surface area (Å²) in [6.07, 6.45) is 2.62. The summed E-state index contributed by atoms with van der Waals surface area (Å²) < 4.78 is 40.5. The first-order chi connectivity index (χ1) is 17.6. The van der Waals surface area contributed by atoms with Gasteiger partial charge in [0.2, 0.25) is 5.09 Å². The maximum absolute atomic E-state index is 13.7. The van der Waals surface area contributed by atoms with E-state index in [-0.39, 0.29) is 11.7 Å². The van der Waals surface area contributed by atoms with Gasteiger partial charge in [-0.15, -0.1) is 0 Å². The number of furan rings is 1. The highest BCUT2D eigenvalue weighted by molar-refractivity contribution is 7.92. The molecule has 0 radical (unpaired) electrons. The van der Waals surface area contributed by atoms with Crippen molar-refractivity contribution in [3.05, 3.63) is 95.3 Å². The van der Waals surface area contributed by atoms with E-state index in [0.29, 0.717) is 17.2 Å². The minimum atomic E-state index is -4.00. The first kappa shape index (κ1) is 26.0. The second-order valence-corrected chi connectivity index (χ2v) is 10.8. The Morgan fingerprint density at radius 1 is 1.03 bits per heavy atom. The monoisotopic (exact) mass is 519 g/mol. The molecular weight excluding hydrogens is 490 g/mol. The van der Waals surface area contributed by atoms with Crippen LogP contribution < -0.4 is 9.04 Å². The van der Waals surface area contributed by atoms with Crippen LogP contribution in [0.1, 0.15) is 36.3 Å². The van der Waals surface area contributed by atoms with Crippen LogP contribution in [-0.4, -0.2) is 25.5 Å². The largest absolute Gasteiger partial charge is 0.487 e. The highest BCUT2D eigenvalue weighted by Gasteiger charge is 2.32. The minimum absolute atomic E-state index is 0.126. The molecule has 1 aromatic heterocycles. The average Bonchev–Trinajstić information content (AvgIpc) is 3.29. The van der Waals surface area contributed by atoms with Crippen LogP contribution in [0.2, 0.25) is 0 Å². The fourth-order valence-corrected chi connectivity index (χ4v) is 5.76. The summed E-state index contributed by atoms with van der Waals surface area (Å²) in [7, 11) is -4.00. The number of aliphatic carboxylic acids is 1. The summed E-state index contributed by atoms with van der Waals surface area (Å²) in [5, 5.41) is 10.5. The Bertz CT molecular complexity index is 1580. The van der Waals surface area contributed by atoms with E-state index in [4.69, 9.17) is 14.3 Å². The zero-order valence-corrected chi connectivity index (χ0v) is 22.0. The van der Waals surface area contributed by atoms with Crippen molar-refractivity contribution in [3.63, 3.8) is 0 Å². The SMILES string of the molecule is Cc1ccc(S(=O)(=O)N(c2cc3ccccc3cc2OCc2ccc(/C=C/C(=O)O)cc2C)C(C)C)o1. The van der Waals surface area contributed by atoms with Crippen molar-refractivity contribution in [2.75, 3.05) is 4.31 Å². The number of carboxylic acid groups (broad SMARTS) is 1. The van der Waals surface area contributed by atoms with Gasteiger partial charge >= 0.3 is 5.97 Å². The number of rotatable bonds is 9. The molecule has 4 rings (SSSR count). The first-order valence-electron chi connectivity index (χ1n) is 11.8. The van der Waals surface area contributed by atoms with Gasteiger partial charge in [-0.25, -0.2) is 4.79 Å². The number of fused-ring (bicyclic) bond motifs is 1. The predicted octanol–water partition coefficient (Wildman–Crippen LogP) is 6.33. The zero-order chi connectivity index (χ0) is 26.7. The highest BCUT2D eigenvalue weighted by atomic mass is 32.2. The number of sulfonamides is 1. The van der Waals surface area contributed by atoms with Gasteiger partial charge in [0.15, 0.2) is 0 Å². The molecule has 192 valence electrons. The van der Waals surface area contributed by atoms with Crippen molar-refractivity contribution in [3.8, 4) is 5.75 Å². The van der Waals surface area contributed by atoms with Gasteiger partial charge < -0.3 is 14.3 Å². The highest BCUT2D eigenvalue weighted by Crippen LogP contribution is 2.38. The molecular formula is C29H29NO6S. The smallest absolute Gasteiger partial charge is 0.328 e. The molecule has 37 heavy (non-hydrogen) atoms. The molecule has 0 saturated heterocycles. The third-order valence-electron chi connectivity index (χ3n) is 5.93. The summed E-state index contributed by atoms with van der Waals surface area (Å²) in [5.74, 6) is -0.0776. The van der Waals surface area contributed by atoms with Crippen LogP contribution >= 0.6 is 0 Å². The van der Waals surface area contributed by atoms with Gasteiger partial charge in [-0.1, -0.05) is 42.5 Å². The molecule has 0 saturated carbocycles. The van der Waals surface area contributed by atoms with Crippen LogP contribution in [0.3, 0.4) is 0 Å². The van der Waals surface area contributed by atoms with Crippen molar-refractivity contribution >= 4 is 38.5 Å². The lowest BCUT2D eigenvalue weighted by atomic mass is 10.1. The molecule has 7 nitrogen and oxygen atoms in total. The van der Waals surface area contributed by atoms with Gasteiger partial charge in [-0.05, 0) is 85.5 Å². The van der Waals surface area contributed by atoms with Gasteiger partial charge in [0.25, 0.3) is 10.0 Å². The molecule has 0 fully saturated rings. The van der Waals surface area contributed by atoms with E-state index >= 15 is 0 Å². The standard InChI is InChI=1S/C29H29NO6S/c1-19(2)30(37(33,34)29-14-9-21(4)36-29)26-16-23-7-5-6-8-24(23)17-27(26)35-18-25-12-10-22(15-20(25)3)11-13-28(31)32/h5-17,19H,18H2,1-4H3,(H,31,32)/b13-11+. The molecule has 0 atom stereocenters. The molecule has 3 aromatic carbocycles. The number of carbonyl (C=O) groups is 1. The Morgan fingerprint density at radius 3 is 2.32 bits per heavy atom. The van der Waals surface area contributed by atoms with Crippen molar-refractivity contribution in [2.24, 2.45) is 0 Å². The van der Waals surface area contributed by atoms with Crippen LogP contribution in [0.15, 0.2) is 82.3 Å². The van der Waals surface area contributed by atoms with Crippen LogP contribution in [0.25, 0.3) is 16.8 Å². The molecule has 0 aliphatic carbocycles.